The van der Waals surface area contributed by atoms with Crippen LogP contribution in [-0.4, -0.2) is 26.5 Å². The number of nitrogens with one attached hydrogen (secondary N) is 1. The lowest BCUT2D eigenvalue weighted by atomic mass is 10.1. The average molecular weight is 419 g/mol. The van der Waals surface area contributed by atoms with Gasteiger partial charge < -0.3 is 9.88 Å². The van der Waals surface area contributed by atoms with Crippen LogP contribution >= 0.6 is 11.8 Å². The number of amides is 1. The fraction of sp³-hybridized carbons (Fsp3) is 0.217. The minimum atomic E-state index is -0.468. The number of rotatable bonds is 8. The molecule has 0 aliphatic rings. The lowest BCUT2D eigenvalue weighted by molar-refractivity contribution is -0.129. The van der Waals surface area contributed by atoms with Gasteiger partial charge in [0.2, 0.25) is 5.91 Å². The summed E-state index contributed by atoms with van der Waals surface area (Å²) in [6.07, 6.45) is 0.475. The van der Waals surface area contributed by atoms with Crippen molar-refractivity contribution in [2.75, 3.05) is 5.75 Å². The van der Waals surface area contributed by atoms with Gasteiger partial charge in [-0.25, -0.2) is 4.98 Å². The van der Waals surface area contributed by atoms with E-state index in [2.05, 4.69) is 9.97 Å². The van der Waals surface area contributed by atoms with E-state index in [4.69, 9.17) is 5.26 Å². The van der Waals surface area contributed by atoms with Gasteiger partial charge in [0.05, 0.1) is 11.4 Å². The van der Waals surface area contributed by atoms with Crippen molar-refractivity contribution in [2.45, 2.75) is 31.6 Å². The molecule has 7 heteroatoms. The van der Waals surface area contributed by atoms with Crippen LogP contribution in [0, 0.1) is 11.3 Å². The molecule has 6 nitrogen and oxygen atoms in total. The molecule has 0 aliphatic heterocycles. The van der Waals surface area contributed by atoms with Crippen molar-refractivity contribution in [1.29, 1.82) is 5.26 Å². The topological polar surface area (TPSA) is 89.8 Å². The first-order valence-electron chi connectivity index (χ1n) is 9.62. The van der Waals surface area contributed by atoms with Gasteiger partial charge in [0.25, 0.3) is 5.56 Å². The number of nitrogens with zero attached hydrogens (tertiary/aromatic N) is 3. The van der Waals surface area contributed by atoms with Gasteiger partial charge in [0.15, 0.2) is 5.16 Å². The first-order chi connectivity index (χ1) is 14.6. The number of H-pyrrole nitrogens is 1. The Morgan fingerprint density at radius 2 is 1.63 bits per heavy atom. The van der Waals surface area contributed by atoms with Crippen LogP contribution in [0.2, 0.25) is 0 Å². The zero-order valence-corrected chi connectivity index (χ0v) is 17.5. The third-order valence-corrected chi connectivity index (χ3v) is 5.39. The first-order valence-corrected chi connectivity index (χ1v) is 10.6. The number of nitriles is 1. The second-order valence-electron chi connectivity index (χ2n) is 6.67. The summed E-state index contributed by atoms with van der Waals surface area (Å²) in [4.78, 5) is 33.8. The predicted octanol–water partition coefficient (Wildman–Crippen LogP) is 3.53. The fourth-order valence-corrected chi connectivity index (χ4v) is 3.78. The van der Waals surface area contributed by atoms with Crippen molar-refractivity contribution in [1.82, 2.24) is 14.9 Å². The van der Waals surface area contributed by atoms with Gasteiger partial charge in [0.1, 0.15) is 11.6 Å². The summed E-state index contributed by atoms with van der Waals surface area (Å²) < 4.78 is 0. The van der Waals surface area contributed by atoms with Crippen LogP contribution in [0.1, 0.15) is 29.3 Å². The number of hydrogen-bond donors (Lipinski definition) is 1. The van der Waals surface area contributed by atoms with Gasteiger partial charge in [-0.1, -0.05) is 79.3 Å². The van der Waals surface area contributed by atoms with Crippen molar-refractivity contribution >= 4 is 17.7 Å². The van der Waals surface area contributed by atoms with Gasteiger partial charge in [-0.2, -0.15) is 5.26 Å². The Morgan fingerprint density at radius 1 is 1.07 bits per heavy atom. The number of benzene rings is 2. The van der Waals surface area contributed by atoms with E-state index in [1.807, 2.05) is 73.7 Å². The molecule has 0 saturated carbocycles. The minimum Gasteiger partial charge on any atom is -0.333 e. The molecule has 0 bridgehead atoms. The highest BCUT2D eigenvalue weighted by Gasteiger charge is 2.17. The normalized spacial score (nSPS) is 10.4. The zero-order chi connectivity index (χ0) is 21.3. The lowest BCUT2D eigenvalue weighted by Crippen LogP contribution is -2.31. The molecule has 0 unspecified atom stereocenters. The van der Waals surface area contributed by atoms with Gasteiger partial charge in [0, 0.05) is 13.1 Å². The average Bonchev–Trinajstić information content (AvgIpc) is 2.78. The molecule has 0 fully saturated rings. The quantitative estimate of drug-likeness (QED) is 0.446. The number of hydrogen-bond acceptors (Lipinski definition) is 5. The van der Waals surface area contributed by atoms with E-state index in [0.29, 0.717) is 30.4 Å². The molecule has 152 valence electrons. The molecule has 0 aliphatic carbocycles. The van der Waals surface area contributed by atoms with E-state index in [1.54, 1.807) is 4.90 Å². The van der Waals surface area contributed by atoms with Gasteiger partial charge in [-0.05, 0) is 17.5 Å². The van der Waals surface area contributed by atoms with E-state index in [1.165, 1.54) is 11.8 Å². The van der Waals surface area contributed by atoms with Crippen LogP contribution in [0.25, 0.3) is 0 Å². The molecule has 2 aromatic carbocycles. The van der Waals surface area contributed by atoms with E-state index in [0.717, 1.165) is 11.1 Å². The Hall–Kier alpha value is -3.37. The molecule has 0 atom stereocenters. The summed E-state index contributed by atoms with van der Waals surface area (Å²) in [5.41, 5.74) is 2.10. The van der Waals surface area contributed by atoms with Crippen LogP contribution in [0.5, 0.6) is 0 Å². The monoisotopic (exact) mass is 418 g/mol. The predicted molar refractivity (Wildman–Crippen MR) is 117 cm³/mol. The van der Waals surface area contributed by atoms with Crippen molar-refractivity contribution < 1.29 is 4.79 Å². The smallest absolute Gasteiger partial charge is 0.269 e. The maximum atomic E-state index is 13.0. The molecule has 3 rings (SSSR count). The second-order valence-corrected chi connectivity index (χ2v) is 7.63. The maximum absolute atomic E-state index is 13.0. The Labute approximate surface area is 179 Å². The molecule has 1 heterocycles. The van der Waals surface area contributed by atoms with Crippen molar-refractivity contribution in [3.8, 4) is 6.07 Å². The van der Waals surface area contributed by atoms with Gasteiger partial charge in [-0.3, -0.25) is 9.59 Å². The summed E-state index contributed by atoms with van der Waals surface area (Å²) in [5, 5.41) is 9.47. The summed E-state index contributed by atoms with van der Waals surface area (Å²) in [6, 6.07) is 21.6. The number of aromatic amines is 1. The maximum Gasteiger partial charge on any atom is 0.269 e. The Bertz CT molecular complexity index is 1050. The SMILES string of the molecule is CCc1nc(SCC(=O)N(Cc2ccccc2)Cc2ccccc2)[nH]c(=O)c1C#N. The van der Waals surface area contributed by atoms with Crippen molar-refractivity contribution in [3.05, 3.63) is 93.4 Å². The Balaban J connectivity index is 1.75. The molecular weight excluding hydrogens is 396 g/mol. The summed E-state index contributed by atoms with van der Waals surface area (Å²) >= 11 is 1.17. The van der Waals surface area contributed by atoms with E-state index in [-0.39, 0.29) is 17.2 Å². The molecule has 0 radical (unpaired) electrons. The fourth-order valence-electron chi connectivity index (χ4n) is 3.00. The molecule has 1 N–H and O–H groups in total. The largest absolute Gasteiger partial charge is 0.333 e. The highest BCUT2D eigenvalue weighted by atomic mass is 32.2. The van der Waals surface area contributed by atoms with E-state index < -0.39 is 5.56 Å². The number of carbonyl (C=O) groups is 1. The second kappa shape index (κ2) is 10.4. The first kappa shape index (κ1) is 21.3. The highest BCUT2D eigenvalue weighted by molar-refractivity contribution is 7.99. The molecule has 0 saturated heterocycles. The number of aryl methyl sites for hydroxylation is 1. The van der Waals surface area contributed by atoms with Crippen molar-refractivity contribution in [3.63, 3.8) is 0 Å². The molecule has 1 aromatic heterocycles. The van der Waals surface area contributed by atoms with Crippen LogP contribution < -0.4 is 5.56 Å². The van der Waals surface area contributed by atoms with Crippen LogP contribution in [0.3, 0.4) is 0 Å². The minimum absolute atomic E-state index is 0.0305. The number of aromatic nitrogens is 2. The third-order valence-electron chi connectivity index (χ3n) is 4.54. The van der Waals surface area contributed by atoms with Gasteiger partial charge in [-0.15, -0.1) is 0 Å². The molecule has 3 aromatic rings. The Kier molecular flexibility index (Phi) is 7.41. The third kappa shape index (κ3) is 5.58. The van der Waals surface area contributed by atoms with Gasteiger partial charge >= 0.3 is 0 Å². The highest BCUT2D eigenvalue weighted by Crippen LogP contribution is 2.17. The van der Waals surface area contributed by atoms with Crippen molar-refractivity contribution in [2.24, 2.45) is 0 Å². The standard InChI is InChI=1S/C23H22N4O2S/c1-2-20-19(13-24)22(29)26-23(25-20)30-16-21(28)27(14-17-9-5-3-6-10-17)15-18-11-7-4-8-12-18/h3-12H,2,14-16H2,1H3,(H,25,26,29). The van der Waals surface area contributed by atoms with Crippen LogP contribution in [0.4, 0.5) is 0 Å². The summed E-state index contributed by atoms with van der Waals surface area (Å²) in [7, 11) is 0. The van der Waals surface area contributed by atoms with E-state index >= 15 is 0 Å². The van der Waals surface area contributed by atoms with E-state index in [9.17, 15) is 9.59 Å². The van der Waals surface area contributed by atoms with Crippen LogP contribution in [0.15, 0.2) is 70.6 Å². The molecule has 30 heavy (non-hydrogen) atoms. The summed E-state index contributed by atoms with van der Waals surface area (Å²) in [6.45, 7) is 2.82. The Morgan fingerprint density at radius 3 is 2.13 bits per heavy atom. The lowest BCUT2D eigenvalue weighted by Gasteiger charge is -2.23. The number of thioether (sulfide) groups is 1. The molecule has 1 amide bonds. The molecule has 0 spiro atoms. The molecular formula is C23H22N4O2S. The zero-order valence-electron chi connectivity index (χ0n) is 16.7. The van der Waals surface area contributed by atoms with Crippen LogP contribution in [-0.2, 0) is 24.3 Å². The number of carbonyl (C=O) groups excluding carboxylic acids is 1. The summed E-state index contributed by atoms with van der Waals surface area (Å²) in [5.74, 6) is 0.0789.